The molecule has 3 aromatic carbocycles. The zero-order valence-electron chi connectivity index (χ0n) is 19.7. The average Bonchev–Trinajstić information content (AvgIpc) is 2.94. The van der Waals surface area contributed by atoms with Gasteiger partial charge in [0.1, 0.15) is 0 Å². The first-order valence-corrected chi connectivity index (χ1v) is 11.8. The van der Waals surface area contributed by atoms with E-state index in [2.05, 4.69) is 37.6 Å². The van der Waals surface area contributed by atoms with Crippen molar-refractivity contribution in [2.45, 2.75) is 0 Å². The molecule has 1 saturated heterocycles. The van der Waals surface area contributed by atoms with Crippen LogP contribution in [0.5, 0.6) is 0 Å². The molecule has 0 spiro atoms. The van der Waals surface area contributed by atoms with E-state index in [1.54, 1.807) is 6.20 Å². The lowest BCUT2D eigenvalue weighted by molar-refractivity contribution is -0.105. The zero-order chi connectivity index (χ0) is 24.7. The largest absolute Gasteiger partial charge is 0.368 e. The third kappa shape index (κ3) is 5.33. The van der Waals surface area contributed by atoms with Crippen LogP contribution in [-0.4, -0.2) is 53.4 Å². The van der Waals surface area contributed by atoms with Crippen LogP contribution in [0.3, 0.4) is 0 Å². The van der Waals surface area contributed by atoms with Gasteiger partial charge in [0, 0.05) is 60.6 Å². The number of carbonyl (C=O) groups is 2. The molecule has 0 saturated carbocycles. The van der Waals surface area contributed by atoms with Gasteiger partial charge in [-0.05, 0) is 54.6 Å². The molecule has 4 aromatic rings. The van der Waals surface area contributed by atoms with Crippen LogP contribution in [0.15, 0.2) is 91.1 Å². The predicted octanol–water partition coefficient (Wildman–Crippen LogP) is 4.42. The Bertz CT molecular complexity index is 1320. The molecular formula is C28H26N6O2. The Balaban J connectivity index is 1.19. The van der Waals surface area contributed by atoms with Gasteiger partial charge in [0.15, 0.2) is 0 Å². The van der Waals surface area contributed by atoms with E-state index in [9.17, 15) is 9.59 Å². The number of hydrogen-bond donors (Lipinski definition) is 2. The van der Waals surface area contributed by atoms with E-state index >= 15 is 0 Å². The number of amides is 2. The Morgan fingerprint density at radius 2 is 1.50 bits per heavy atom. The van der Waals surface area contributed by atoms with Crippen LogP contribution in [0.1, 0.15) is 10.4 Å². The molecule has 2 heterocycles. The van der Waals surface area contributed by atoms with Gasteiger partial charge in [0.2, 0.25) is 12.4 Å². The summed E-state index contributed by atoms with van der Waals surface area (Å²) in [4.78, 5) is 36.4. The molecule has 8 heteroatoms. The highest BCUT2D eigenvalue weighted by Crippen LogP contribution is 2.24. The van der Waals surface area contributed by atoms with Gasteiger partial charge in [-0.3, -0.25) is 9.59 Å². The first-order valence-electron chi connectivity index (χ1n) is 11.8. The molecule has 1 aromatic heterocycles. The molecule has 1 aliphatic heterocycles. The van der Waals surface area contributed by atoms with Gasteiger partial charge in [-0.1, -0.05) is 30.3 Å². The van der Waals surface area contributed by atoms with Crippen LogP contribution in [0, 0.1) is 0 Å². The monoisotopic (exact) mass is 478 g/mol. The number of nitrogens with zero attached hydrogens (tertiary/aromatic N) is 4. The molecule has 8 nitrogen and oxygen atoms in total. The Hall–Kier alpha value is -4.72. The molecule has 1 aliphatic rings. The van der Waals surface area contributed by atoms with E-state index in [0.717, 1.165) is 47.0 Å². The summed E-state index contributed by atoms with van der Waals surface area (Å²) in [6.07, 6.45) is 2.37. The van der Waals surface area contributed by atoms with E-state index in [1.807, 2.05) is 77.7 Å². The fraction of sp³-hybridized carbons (Fsp3) is 0.143. The summed E-state index contributed by atoms with van der Waals surface area (Å²) in [6, 6.07) is 26.9. The smallest absolute Gasteiger partial charge is 0.253 e. The number of aromatic nitrogens is 2. The number of hydrogen-bond acceptors (Lipinski definition) is 6. The molecule has 180 valence electrons. The van der Waals surface area contributed by atoms with Crippen LogP contribution in [-0.2, 0) is 4.79 Å². The van der Waals surface area contributed by atoms with Crippen LogP contribution in [0.2, 0.25) is 0 Å². The van der Waals surface area contributed by atoms with Crippen LogP contribution < -0.4 is 15.5 Å². The molecule has 0 atom stereocenters. The molecule has 0 bridgehead atoms. The highest BCUT2D eigenvalue weighted by Gasteiger charge is 2.22. The van der Waals surface area contributed by atoms with Crippen molar-refractivity contribution >= 4 is 35.3 Å². The van der Waals surface area contributed by atoms with Gasteiger partial charge in [-0.15, -0.1) is 0 Å². The fourth-order valence-corrected chi connectivity index (χ4v) is 4.20. The summed E-state index contributed by atoms with van der Waals surface area (Å²) in [5, 5.41) is 5.89. The zero-order valence-corrected chi connectivity index (χ0v) is 19.7. The number of benzene rings is 3. The van der Waals surface area contributed by atoms with Crippen molar-refractivity contribution < 1.29 is 9.59 Å². The first-order chi connectivity index (χ1) is 17.7. The highest BCUT2D eigenvalue weighted by atomic mass is 16.2. The first kappa shape index (κ1) is 23.0. The quantitative estimate of drug-likeness (QED) is 0.382. The predicted molar refractivity (Wildman–Crippen MR) is 141 cm³/mol. The lowest BCUT2D eigenvalue weighted by Gasteiger charge is -2.36. The minimum atomic E-state index is 0.0885. The van der Waals surface area contributed by atoms with Crippen LogP contribution >= 0.6 is 0 Å². The SMILES string of the molecule is O=CNc1ccc(-c2ccnc(Nc3ccc(N4CCN(C(=O)c5ccccc5)CC4)cc3)n2)cc1. The summed E-state index contributed by atoms with van der Waals surface area (Å²) in [5.41, 5.74) is 5.18. The van der Waals surface area contributed by atoms with Gasteiger partial charge < -0.3 is 20.4 Å². The number of piperazine rings is 1. The van der Waals surface area contributed by atoms with E-state index in [1.165, 1.54) is 0 Å². The maximum absolute atomic E-state index is 12.7. The minimum Gasteiger partial charge on any atom is -0.368 e. The minimum absolute atomic E-state index is 0.0885. The second-order valence-corrected chi connectivity index (χ2v) is 8.42. The van der Waals surface area contributed by atoms with Crippen molar-refractivity contribution in [2.75, 3.05) is 41.7 Å². The molecule has 0 aliphatic carbocycles. The number of carbonyl (C=O) groups excluding carboxylic acids is 2. The number of nitrogens with one attached hydrogen (secondary N) is 2. The molecular weight excluding hydrogens is 452 g/mol. The van der Waals surface area contributed by atoms with Gasteiger partial charge in [-0.2, -0.15) is 0 Å². The second kappa shape index (κ2) is 10.7. The van der Waals surface area contributed by atoms with Gasteiger partial charge in [-0.25, -0.2) is 9.97 Å². The Morgan fingerprint density at radius 1 is 0.806 bits per heavy atom. The molecule has 0 unspecified atom stereocenters. The summed E-state index contributed by atoms with van der Waals surface area (Å²) in [7, 11) is 0. The van der Waals surface area contributed by atoms with Crippen molar-refractivity contribution in [1.29, 1.82) is 0 Å². The van der Waals surface area contributed by atoms with Gasteiger partial charge >= 0.3 is 0 Å². The molecule has 36 heavy (non-hydrogen) atoms. The van der Waals surface area contributed by atoms with Crippen molar-refractivity contribution in [1.82, 2.24) is 14.9 Å². The Morgan fingerprint density at radius 3 is 2.19 bits per heavy atom. The second-order valence-electron chi connectivity index (χ2n) is 8.42. The van der Waals surface area contributed by atoms with Crippen LogP contribution in [0.4, 0.5) is 23.0 Å². The molecule has 5 rings (SSSR count). The Kier molecular flexibility index (Phi) is 6.84. The maximum atomic E-state index is 12.7. The summed E-state index contributed by atoms with van der Waals surface area (Å²) >= 11 is 0. The third-order valence-electron chi connectivity index (χ3n) is 6.14. The normalized spacial score (nSPS) is 13.2. The molecule has 1 fully saturated rings. The Labute approximate surface area is 209 Å². The molecule has 2 N–H and O–H groups in total. The topological polar surface area (TPSA) is 90.5 Å². The van der Waals surface area contributed by atoms with Gasteiger partial charge in [0.25, 0.3) is 5.91 Å². The van der Waals surface area contributed by atoms with E-state index in [0.29, 0.717) is 25.4 Å². The van der Waals surface area contributed by atoms with Crippen LogP contribution in [0.25, 0.3) is 11.3 Å². The fourth-order valence-electron chi connectivity index (χ4n) is 4.20. The molecule has 0 radical (unpaired) electrons. The highest BCUT2D eigenvalue weighted by molar-refractivity contribution is 5.94. The average molecular weight is 479 g/mol. The van der Waals surface area contributed by atoms with Crippen molar-refractivity contribution in [2.24, 2.45) is 0 Å². The van der Waals surface area contributed by atoms with E-state index in [-0.39, 0.29) is 5.91 Å². The maximum Gasteiger partial charge on any atom is 0.253 e. The van der Waals surface area contributed by atoms with Crippen molar-refractivity contribution in [3.05, 3.63) is 96.7 Å². The lowest BCUT2D eigenvalue weighted by Crippen LogP contribution is -2.48. The third-order valence-corrected chi connectivity index (χ3v) is 6.14. The number of anilines is 4. The summed E-state index contributed by atoms with van der Waals surface area (Å²) in [6.45, 7) is 2.97. The van der Waals surface area contributed by atoms with Crippen molar-refractivity contribution in [3.8, 4) is 11.3 Å². The summed E-state index contributed by atoms with van der Waals surface area (Å²) < 4.78 is 0. The lowest BCUT2D eigenvalue weighted by atomic mass is 10.1. The van der Waals surface area contributed by atoms with E-state index in [4.69, 9.17) is 0 Å². The summed E-state index contributed by atoms with van der Waals surface area (Å²) in [5.74, 6) is 0.592. The standard InChI is InChI=1S/C28H26N6O2/c35-20-30-23-8-6-21(7-9-23)26-14-15-29-28(32-26)31-24-10-12-25(13-11-24)33-16-18-34(19-17-33)27(36)22-4-2-1-3-5-22/h1-15,20H,16-19H2,(H,30,35)(H,29,31,32). The van der Waals surface area contributed by atoms with Crippen molar-refractivity contribution in [3.63, 3.8) is 0 Å². The van der Waals surface area contributed by atoms with Gasteiger partial charge in [0.05, 0.1) is 5.69 Å². The number of rotatable bonds is 7. The van der Waals surface area contributed by atoms with E-state index < -0.39 is 0 Å². The molecule has 2 amide bonds.